The summed E-state index contributed by atoms with van der Waals surface area (Å²) < 4.78 is 2.48. The summed E-state index contributed by atoms with van der Waals surface area (Å²) in [6.07, 6.45) is 0.660. The Hall–Kier alpha value is -2.39. The predicted octanol–water partition coefficient (Wildman–Crippen LogP) is 7.47. The molecule has 0 saturated carbocycles. The number of nitrogens with one attached hydrogen (secondary N) is 2. The van der Waals surface area contributed by atoms with Crippen molar-refractivity contribution in [2.24, 2.45) is 0 Å². The van der Waals surface area contributed by atoms with Gasteiger partial charge in [-0.05, 0) is 76.9 Å². The highest BCUT2D eigenvalue weighted by Gasteiger charge is 2.20. The number of hydrogen-bond acceptors (Lipinski definition) is 5. The highest BCUT2D eigenvalue weighted by molar-refractivity contribution is 9.10. The molecule has 5 nitrogen and oxygen atoms in total. The molecule has 3 aromatic carbocycles. The number of halogens is 2. The van der Waals surface area contributed by atoms with Gasteiger partial charge in [0.05, 0.1) is 21.0 Å². The number of rotatable bonds is 7. The zero-order chi connectivity index (χ0) is 23.4. The van der Waals surface area contributed by atoms with Crippen LogP contribution in [0.4, 0.5) is 11.4 Å². The van der Waals surface area contributed by atoms with Gasteiger partial charge in [-0.1, -0.05) is 42.4 Å². The van der Waals surface area contributed by atoms with Crippen molar-refractivity contribution in [3.8, 4) is 0 Å². The van der Waals surface area contributed by atoms with Crippen LogP contribution >= 0.6 is 50.6 Å². The van der Waals surface area contributed by atoms with Crippen LogP contribution in [0.25, 0.3) is 10.2 Å². The van der Waals surface area contributed by atoms with E-state index in [1.807, 2.05) is 43.3 Å². The Balaban J connectivity index is 1.46. The molecule has 0 aliphatic rings. The molecule has 0 unspecified atom stereocenters. The second-order valence-electron chi connectivity index (χ2n) is 7.11. The number of carbonyl (C=O) groups excluding carboxylic acids is 2. The number of thioether (sulfide) groups is 1. The van der Waals surface area contributed by atoms with Crippen molar-refractivity contribution >= 4 is 84.0 Å². The molecule has 1 atom stereocenters. The first-order valence-corrected chi connectivity index (χ1v) is 13.0. The lowest BCUT2D eigenvalue weighted by atomic mass is 10.2. The summed E-state index contributed by atoms with van der Waals surface area (Å²) >= 11 is 12.3. The standard InChI is InChI=1S/C24H19BrClN3O2S2/c1-2-20(23(31)27-15-9-7-14(26)8-10-15)32-24-29-19-12-11-16(13-21(19)33-24)28-22(30)17-5-3-4-6-18(17)25/h3-13,20H,2H2,1H3,(H,27,31)(H,28,30)/t20-/m0/s1. The highest BCUT2D eigenvalue weighted by Crippen LogP contribution is 2.35. The number of hydrogen-bond donors (Lipinski definition) is 2. The van der Waals surface area contributed by atoms with Gasteiger partial charge in [-0.25, -0.2) is 4.98 Å². The Kier molecular flexibility index (Phi) is 7.70. The van der Waals surface area contributed by atoms with Crippen LogP contribution in [0.1, 0.15) is 23.7 Å². The Labute approximate surface area is 213 Å². The van der Waals surface area contributed by atoms with Gasteiger partial charge in [0, 0.05) is 20.9 Å². The van der Waals surface area contributed by atoms with E-state index >= 15 is 0 Å². The number of aromatic nitrogens is 1. The van der Waals surface area contributed by atoms with Crippen molar-refractivity contribution in [2.75, 3.05) is 10.6 Å². The molecule has 0 fully saturated rings. The zero-order valence-electron chi connectivity index (χ0n) is 17.5. The molecule has 0 saturated heterocycles. The molecule has 4 rings (SSSR count). The summed E-state index contributed by atoms with van der Waals surface area (Å²) in [5.41, 5.74) is 2.79. The third kappa shape index (κ3) is 5.95. The van der Waals surface area contributed by atoms with Crippen LogP contribution in [0.15, 0.2) is 75.5 Å². The summed E-state index contributed by atoms with van der Waals surface area (Å²) in [5.74, 6) is -0.267. The second-order valence-corrected chi connectivity index (χ2v) is 10.9. The summed E-state index contributed by atoms with van der Waals surface area (Å²) in [4.78, 5) is 30.0. The van der Waals surface area contributed by atoms with Crippen LogP contribution in [0.5, 0.6) is 0 Å². The lowest BCUT2D eigenvalue weighted by molar-refractivity contribution is -0.115. The Morgan fingerprint density at radius 3 is 2.52 bits per heavy atom. The van der Waals surface area contributed by atoms with Gasteiger partial charge in [-0.3, -0.25) is 9.59 Å². The largest absolute Gasteiger partial charge is 0.325 e. The van der Waals surface area contributed by atoms with Gasteiger partial charge >= 0.3 is 0 Å². The van der Waals surface area contributed by atoms with Crippen LogP contribution in [0.2, 0.25) is 5.02 Å². The van der Waals surface area contributed by atoms with Crippen LogP contribution in [-0.2, 0) is 4.79 Å². The second kappa shape index (κ2) is 10.7. The molecule has 0 spiro atoms. The van der Waals surface area contributed by atoms with E-state index in [9.17, 15) is 9.59 Å². The summed E-state index contributed by atoms with van der Waals surface area (Å²) in [7, 11) is 0. The number of carbonyl (C=O) groups is 2. The third-order valence-electron chi connectivity index (χ3n) is 4.76. The van der Waals surface area contributed by atoms with Gasteiger partial charge < -0.3 is 10.6 Å². The van der Waals surface area contributed by atoms with Gasteiger partial charge in [0.15, 0.2) is 4.34 Å². The normalized spacial score (nSPS) is 11.8. The topological polar surface area (TPSA) is 71.1 Å². The summed E-state index contributed by atoms with van der Waals surface area (Å²) in [6, 6.07) is 19.9. The molecule has 168 valence electrons. The lowest BCUT2D eigenvalue weighted by Gasteiger charge is -2.13. The predicted molar refractivity (Wildman–Crippen MR) is 142 cm³/mol. The average Bonchev–Trinajstić information content (AvgIpc) is 3.21. The number of fused-ring (bicyclic) bond motifs is 1. The molecule has 0 radical (unpaired) electrons. The van der Waals surface area contributed by atoms with E-state index in [1.54, 1.807) is 30.3 Å². The Bertz CT molecular complexity index is 1310. The quantitative estimate of drug-likeness (QED) is 0.230. The minimum absolute atomic E-state index is 0.0783. The van der Waals surface area contributed by atoms with Crippen molar-refractivity contribution in [1.82, 2.24) is 4.98 Å². The molecular formula is C24H19BrClN3O2S2. The van der Waals surface area contributed by atoms with Crippen molar-refractivity contribution in [1.29, 1.82) is 0 Å². The SMILES string of the molecule is CC[C@H](Sc1nc2ccc(NC(=O)c3ccccc3Br)cc2s1)C(=O)Nc1ccc(Cl)cc1. The van der Waals surface area contributed by atoms with Crippen molar-refractivity contribution in [2.45, 2.75) is 22.9 Å². The Morgan fingerprint density at radius 1 is 1.06 bits per heavy atom. The molecule has 0 aliphatic heterocycles. The van der Waals surface area contributed by atoms with E-state index in [1.165, 1.54) is 23.1 Å². The lowest BCUT2D eigenvalue weighted by Crippen LogP contribution is -2.24. The summed E-state index contributed by atoms with van der Waals surface area (Å²) in [5, 5.41) is 6.20. The number of thiazole rings is 1. The van der Waals surface area contributed by atoms with E-state index in [4.69, 9.17) is 11.6 Å². The van der Waals surface area contributed by atoms with Crippen LogP contribution in [0.3, 0.4) is 0 Å². The molecule has 9 heteroatoms. The maximum atomic E-state index is 12.7. The number of benzene rings is 3. The molecular weight excluding hydrogens is 542 g/mol. The molecule has 33 heavy (non-hydrogen) atoms. The van der Waals surface area contributed by atoms with Gasteiger partial charge in [0.1, 0.15) is 0 Å². The fourth-order valence-electron chi connectivity index (χ4n) is 3.08. The number of anilines is 2. The Morgan fingerprint density at radius 2 is 1.79 bits per heavy atom. The van der Waals surface area contributed by atoms with Gasteiger partial charge in [0.2, 0.25) is 5.91 Å². The molecule has 2 amide bonds. The molecule has 0 aliphatic carbocycles. The smallest absolute Gasteiger partial charge is 0.256 e. The van der Waals surface area contributed by atoms with E-state index in [-0.39, 0.29) is 17.1 Å². The van der Waals surface area contributed by atoms with Crippen LogP contribution in [0, 0.1) is 0 Å². The maximum absolute atomic E-state index is 12.7. The molecule has 1 aromatic heterocycles. The molecule has 0 bridgehead atoms. The number of amides is 2. The van der Waals surface area contributed by atoms with Crippen molar-refractivity contribution < 1.29 is 9.59 Å². The summed E-state index contributed by atoms with van der Waals surface area (Å²) in [6.45, 7) is 1.97. The first-order chi connectivity index (χ1) is 15.9. The van der Waals surface area contributed by atoms with Crippen LogP contribution < -0.4 is 10.6 Å². The van der Waals surface area contributed by atoms with Gasteiger partial charge in [-0.15, -0.1) is 11.3 Å². The maximum Gasteiger partial charge on any atom is 0.256 e. The average molecular weight is 561 g/mol. The monoisotopic (exact) mass is 559 g/mol. The fourth-order valence-corrected chi connectivity index (χ4v) is 5.94. The van der Waals surface area contributed by atoms with Gasteiger partial charge in [0.25, 0.3) is 5.91 Å². The minimum Gasteiger partial charge on any atom is -0.325 e. The molecule has 1 heterocycles. The zero-order valence-corrected chi connectivity index (χ0v) is 21.4. The number of nitrogens with zero attached hydrogens (tertiary/aromatic N) is 1. The van der Waals surface area contributed by atoms with Crippen molar-refractivity contribution in [3.05, 3.63) is 81.8 Å². The van der Waals surface area contributed by atoms with Gasteiger partial charge in [-0.2, -0.15) is 0 Å². The molecule has 2 N–H and O–H groups in total. The van der Waals surface area contributed by atoms with Crippen LogP contribution in [-0.4, -0.2) is 22.0 Å². The van der Waals surface area contributed by atoms with E-state index in [0.29, 0.717) is 28.4 Å². The first-order valence-electron chi connectivity index (χ1n) is 10.1. The fraction of sp³-hybridized carbons (Fsp3) is 0.125. The minimum atomic E-state index is -0.282. The third-order valence-corrected chi connectivity index (χ3v) is 8.18. The first kappa shape index (κ1) is 23.8. The molecule has 4 aromatic rings. The van der Waals surface area contributed by atoms with E-state index < -0.39 is 0 Å². The van der Waals surface area contributed by atoms with Crippen molar-refractivity contribution in [3.63, 3.8) is 0 Å². The highest BCUT2D eigenvalue weighted by atomic mass is 79.9. The van der Waals surface area contributed by atoms with E-state index in [0.717, 1.165) is 19.0 Å². The van der Waals surface area contributed by atoms with E-state index in [2.05, 4.69) is 31.5 Å².